The number of nitriles is 1. The van der Waals surface area contributed by atoms with E-state index >= 15 is 0 Å². The van der Waals surface area contributed by atoms with Crippen LogP contribution in [0.2, 0.25) is 0 Å². The second-order valence-electron chi connectivity index (χ2n) is 9.26. The van der Waals surface area contributed by atoms with Crippen molar-refractivity contribution in [2.45, 2.75) is 72.1 Å². The lowest BCUT2D eigenvalue weighted by atomic mass is 9.98. The van der Waals surface area contributed by atoms with Crippen LogP contribution in [0.15, 0.2) is 23.3 Å². The van der Waals surface area contributed by atoms with Crippen molar-refractivity contribution in [1.82, 2.24) is 29.2 Å². The maximum atomic E-state index is 12.8. The first kappa shape index (κ1) is 23.9. The molecule has 9 nitrogen and oxygen atoms in total. The van der Waals surface area contributed by atoms with Crippen LogP contribution in [-0.4, -0.2) is 54.4 Å². The van der Waals surface area contributed by atoms with Crippen LogP contribution in [-0.2, 0) is 13.6 Å². The number of hydrogen-bond acceptors (Lipinski definition) is 7. The van der Waals surface area contributed by atoms with Crippen LogP contribution < -0.4 is 10.5 Å². The molecular weight excluding hydrogens is 428 g/mol. The fourth-order valence-electron chi connectivity index (χ4n) is 5.00. The van der Waals surface area contributed by atoms with Crippen molar-refractivity contribution in [3.05, 3.63) is 45.9 Å². The molecule has 0 aliphatic carbocycles. The number of anilines is 1. The molecule has 0 bridgehead atoms. The number of aromatic nitrogens is 5. The van der Waals surface area contributed by atoms with Gasteiger partial charge in [0.05, 0.1) is 52.8 Å². The quantitative estimate of drug-likeness (QED) is 0.555. The number of piperazine rings is 1. The van der Waals surface area contributed by atoms with E-state index in [1.807, 2.05) is 20.0 Å². The molecule has 1 fully saturated rings. The van der Waals surface area contributed by atoms with Crippen molar-refractivity contribution in [1.29, 1.82) is 5.26 Å². The van der Waals surface area contributed by atoms with E-state index in [9.17, 15) is 4.79 Å². The lowest BCUT2D eigenvalue weighted by Crippen LogP contribution is -2.59. The van der Waals surface area contributed by atoms with Crippen molar-refractivity contribution >= 4 is 16.7 Å². The minimum atomic E-state index is -0.0666. The van der Waals surface area contributed by atoms with E-state index in [-0.39, 0.29) is 24.2 Å². The standard InChI is InChI=1S/C25H34N8O/c1-7-19-14-33(22-11-24(34)30(6)23-15-31(10-9-26)29-25(22)23)20(8-2)13-32(19)18(5)21-12-27-16(3)17(4)28-21/h11-12,15,18-20H,7-8,10,13-14H2,1-6H3/t18?,19-,20+/m1/s1. The first-order valence-electron chi connectivity index (χ1n) is 12.1. The molecule has 1 unspecified atom stereocenters. The van der Waals surface area contributed by atoms with Gasteiger partial charge >= 0.3 is 0 Å². The summed E-state index contributed by atoms with van der Waals surface area (Å²) in [6.07, 6.45) is 5.61. The van der Waals surface area contributed by atoms with Crippen molar-refractivity contribution in [3.63, 3.8) is 0 Å². The molecular formula is C25H34N8O. The van der Waals surface area contributed by atoms with Gasteiger partial charge in [0.1, 0.15) is 12.1 Å². The van der Waals surface area contributed by atoms with E-state index in [0.29, 0.717) is 6.04 Å². The third-order valence-corrected chi connectivity index (χ3v) is 7.30. The van der Waals surface area contributed by atoms with Crippen molar-refractivity contribution < 1.29 is 0 Å². The monoisotopic (exact) mass is 462 g/mol. The van der Waals surface area contributed by atoms with Crippen LogP contribution in [0.5, 0.6) is 0 Å². The molecule has 1 aliphatic heterocycles. The Morgan fingerprint density at radius 3 is 2.56 bits per heavy atom. The van der Waals surface area contributed by atoms with Gasteiger partial charge in [0.15, 0.2) is 0 Å². The van der Waals surface area contributed by atoms with E-state index < -0.39 is 0 Å². The van der Waals surface area contributed by atoms with Gasteiger partial charge in [0.25, 0.3) is 5.56 Å². The zero-order valence-electron chi connectivity index (χ0n) is 21.0. The van der Waals surface area contributed by atoms with Gasteiger partial charge in [-0.1, -0.05) is 13.8 Å². The topological polar surface area (TPSA) is 95.9 Å². The zero-order chi connectivity index (χ0) is 24.6. The Labute approximate surface area is 200 Å². The van der Waals surface area contributed by atoms with Gasteiger partial charge in [0, 0.05) is 38.3 Å². The molecule has 9 heteroatoms. The average molecular weight is 463 g/mol. The zero-order valence-corrected chi connectivity index (χ0v) is 21.0. The molecule has 0 spiro atoms. The van der Waals surface area contributed by atoms with E-state index in [1.165, 1.54) is 0 Å². The summed E-state index contributed by atoms with van der Waals surface area (Å²) >= 11 is 0. The molecule has 0 saturated carbocycles. The molecule has 0 N–H and O–H groups in total. The molecule has 1 aliphatic rings. The van der Waals surface area contributed by atoms with E-state index in [0.717, 1.165) is 59.7 Å². The van der Waals surface area contributed by atoms with Crippen molar-refractivity contribution in [2.75, 3.05) is 18.0 Å². The fraction of sp³-hybridized carbons (Fsp3) is 0.560. The number of pyridine rings is 1. The summed E-state index contributed by atoms with van der Waals surface area (Å²) in [5.41, 5.74) is 5.25. The maximum absolute atomic E-state index is 12.8. The SMILES string of the molecule is CC[C@H]1CN(C(C)c2cnc(C)c(C)n2)[C@H](CC)CN1c1cc(=O)n(C)c2cn(CC#N)nc12. The first-order chi connectivity index (χ1) is 16.3. The van der Waals surface area contributed by atoms with Crippen LogP contribution in [0.25, 0.3) is 11.0 Å². The fourth-order valence-corrected chi connectivity index (χ4v) is 5.00. The van der Waals surface area contributed by atoms with Crippen LogP contribution >= 0.6 is 0 Å². The largest absolute Gasteiger partial charge is 0.364 e. The predicted molar refractivity (Wildman–Crippen MR) is 133 cm³/mol. The summed E-state index contributed by atoms with van der Waals surface area (Å²) in [4.78, 5) is 27.1. The lowest BCUT2D eigenvalue weighted by Gasteiger charge is -2.49. The number of aryl methyl sites for hydroxylation is 3. The van der Waals surface area contributed by atoms with E-state index in [4.69, 9.17) is 10.2 Å². The molecule has 0 amide bonds. The molecule has 4 heterocycles. The summed E-state index contributed by atoms with van der Waals surface area (Å²) in [6, 6.07) is 4.50. The van der Waals surface area contributed by atoms with Crippen LogP contribution in [0, 0.1) is 25.2 Å². The number of nitrogens with zero attached hydrogens (tertiary/aromatic N) is 8. The van der Waals surface area contributed by atoms with Gasteiger partial charge in [-0.05, 0) is 33.6 Å². The molecule has 3 aromatic rings. The lowest BCUT2D eigenvalue weighted by molar-refractivity contribution is 0.0988. The number of hydrogen-bond donors (Lipinski definition) is 0. The van der Waals surface area contributed by atoms with Crippen LogP contribution in [0.4, 0.5) is 5.69 Å². The van der Waals surface area contributed by atoms with Gasteiger partial charge < -0.3 is 9.47 Å². The minimum absolute atomic E-state index is 0.0666. The highest BCUT2D eigenvalue weighted by Gasteiger charge is 2.36. The highest BCUT2D eigenvalue weighted by Crippen LogP contribution is 2.34. The Balaban J connectivity index is 1.72. The van der Waals surface area contributed by atoms with Gasteiger partial charge in [-0.25, -0.2) is 0 Å². The van der Waals surface area contributed by atoms with Crippen molar-refractivity contribution in [3.8, 4) is 6.07 Å². The predicted octanol–water partition coefficient (Wildman–Crippen LogP) is 3.11. The van der Waals surface area contributed by atoms with E-state index in [2.05, 4.69) is 46.7 Å². The van der Waals surface area contributed by atoms with Gasteiger partial charge in [-0.15, -0.1) is 0 Å². The van der Waals surface area contributed by atoms with Gasteiger partial charge in [0.2, 0.25) is 0 Å². The second kappa shape index (κ2) is 9.55. The molecule has 180 valence electrons. The molecule has 0 aromatic carbocycles. The second-order valence-corrected chi connectivity index (χ2v) is 9.26. The smallest absolute Gasteiger partial charge is 0.252 e. The maximum Gasteiger partial charge on any atom is 0.252 e. The summed E-state index contributed by atoms with van der Waals surface area (Å²) in [5, 5.41) is 13.8. The average Bonchev–Trinajstić information content (AvgIpc) is 3.26. The summed E-state index contributed by atoms with van der Waals surface area (Å²) in [5.74, 6) is 0. The van der Waals surface area contributed by atoms with Crippen LogP contribution in [0.3, 0.4) is 0 Å². The third kappa shape index (κ3) is 4.18. The van der Waals surface area contributed by atoms with Gasteiger partial charge in [-0.2, -0.15) is 10.4 Å². The number of fused-ring (bicyclic) bond motifs is 1. The Hall–Kier alpha value is -3.25. The van der Waals surface area contributed by atoms with Crippen LogP contribution in [0.1, 0.15) is 56.7 Å². The molecule has 0 radical (unpaired) electrons. The molecule has 34 heavy (non-hydrogen) atoms. The van der Waals surface area contributed by atoms with Gasteiger partial charge in [-0.3, -0.25) is 24.3 Å². The molecule has 4 rings (SSSR count). The molecule has 1 saturated heterocycles. The normalized spacial score (nSPS) is 20.0. The first-order valence-corrected chi connectivity index (χ1v) is 12.1. The molecule has 3 aromatic heterocycles. The van der Waals surface area contributed by atoms with Crippen molar-refractivity contribution in [2.24, 2.45) is 7.05 Å². The summed E-state index contributed by atoms with van der Waals surface area (Å²) < 4.78 is 3.22. The third-order valence-electron chi connectivity index (χ3n) is 7.30. The number of rotatable bonds is 6. The Morgan fingerprint density at radius 2 is 1.91 bits per heavy atom. The Morgan fingerprint density at radius 1 is 1.18 bits per heavy atom. The summed E-state index contributed by atoms with van der Waals surface area (Å²) in [7, 11) is 1.75. The Kier molecular flexibility index (Phi) is 6.71. The summed E-state index contributed by atoms with van der Waals surface area (Å²) in [6.45, 7) is 12.4. The Bertz CT molecular complexity index is 1290. The highest BCUT2D eigenvalue weighted by atomic mass is 16.1. The highest BCUT2D eigenvalue weighted by molar-refractivity contribution is 5.88. The van der Waals surface area contributed by atoms with E-state index in [1.54, 1.807) is 28.6 Å². The molecule has 3 atom stereocenters. The minimum Gasteiger partial charge on any atom is -0.364 e.